The van der Waals surface area contributed by atoms with Gasteiger partial charge in [0.1, 0.15) is 0 Å². The first kappa shape index (κ1) is 16.7. The summed E-state index contributed by atoms with van der Waals surface area (Å²) in [6.45, 7) is 8.81. The minimum atomic E-state index is -3.58. The SMILES string of the molecule is CC1(C)C(CNS(=O)(=O)c2ccc(CO)c(Cl)c2)C1(C)C. The maximum atomic E-state index is 12.3. The highest BCUT2D eigenvalue weighted by molar-refractivity contribution is 7.89. The highest BCUT2D eigenvalue weighted by atomic mass is 35.5. The average Bonchev–Trinajstić information content (AvgIpc) is 2.77. The Labute approximate surface area is 131 Å². The molecular weight excluding hydrogens is 310 g/mol. The van der Waals surface area contributed by atoms with Crippen LogP contribution in [0.2, 0.25) is 5.02 Å². The Morgan fingerprint density at radius 1 is 1.24 bits per heavy atom. The van der Waals surface area contributed by atoms with Gasteiger partial charge < -0.3 is 5.11 Å². The lowest BCUT2D eigenvalue weighted by atomic mass is 10.0. The summed E-state index contributed by atoms with van der Waals surface area (Å²) < 4.78 is 27.3. The predicted octanol–water partition coefficient (Wildman–Crippen LogP) is 2.79. The van der Waals surface area contributed by atoms with Gasteiger partial charge >= 0.3 is 0 Å². The van der Waals surface area contributed by atoms with E-state index in [1.165, 1.54) is 18.2 Å². The van der Waals surface area contributed by atoms with Crippen molar-refractivity contribution in [1.29, 1.82) is 0 Å². The molecule has 0 spiro atoms. The van der Waals surface area contributed by atoms with Crippen molar-refractivity contribution in [1.82, 2.24) is 4.72 Å². The van der Waals surface area contributed by atoms with E-state index >= 15 is 0 Å². The van der Waals surface area contributed by atoms with E-state index < -0.39 is 10.0 Å². The summed E-state index contributed by atoms with van der Waals surface area (Å²) in [6.07, 6.45) is 0. The van der Waals surface area contributed by atoms with Gasteiger partial charge in [-0.05, 0) is 34.4 Å². The van der Waals surface area contributed by atoms with Gasteiger partial charge in [-0.3, -0.25) is 0 Å². The van der Waals surface area contributed by atoms with Crippen LogP contribution in [-0.2, 0) is 16.6 Å². The van der Waals surface area contributed by atoms with Gasteiger partial charge in [0.05, 0.1) is 11.5 Å². The van der Waals surface area contributed by atoms with Gasteiger partial charge in [0.25, 0.3) is 0 Å². The molecular formula is C15H22ClNO3S. The van der Waals surface area contributed by atoms with Gasteiger partial charge in [0.2, 0.25) is 10.0 Å². The molecule has 0 heterocycles. The van der Waals surface area contributed by atoms with Gasteiger partial charge in [-0.1, -0.05) is 45.4 Å². The van der Waals surface area contributed by atoms with E-state index in [4.69, 9.17) is 16.7 Å². The fourth-order valence-electron chi connectivity index (χ4n) is 2.94. The van der Waals surface area contributed by atoms with Crippen molar-refractivity contribution in [2.24, 2.45) is 16.7 Å². The van der Waals surface area contributed by atoms with Crippen LogP contribution in [0.15, 0.2) is 23.1 Å². The van der Waals surface area contributed by atoms with E-state index in [0.717, 1.165) is 0 Å². The molecule has 0 amide bonds. The molecule has 2 N–H and O–H groups in total. The first-order valence-electron chi connectivity index (χ1n) is 6.93. The highest BCUT2D eigenvalue weighted by Gasteiger charge is 2.64. The molecule has 1 aromatic carbocycles. The number of hydrogen-bond donors (Lipinski definition) is 2. The minimum absolute atomic E-state index is 0.126. The number of aliphatic hydroxyl groups is 1. The van der Waals surface area contributed by atoms with Crippen LogP contribution in [0.5, 0.6) is 0 Å². The number of hydrogen-bond acceptors (Lipinski definition) is 3. The van der Waals surface area contributed by atoms with Crippen molar-refractivity contribution in [3.63, 3.8) is 0 Å². The zero-order valence-electron chi connectivity index (χ0n) is 12.8. The molecule has 1 aliphatic rings. The molecule has 1 fully saturated rings. The molecule has 1 aliphatic carbocycles. The molecule has 118 valence electrons. The van der Waals surface area contributed by atoms with E-state index in [1.54, 1.807) is 0 Å². The molecule has 0 unspecified atom stereocenters. The molecule has 1 aromatic rings. The van der Waals surface area contributed by atoms with Gasteiger partial charge in [-0.25, -0.2) is 13.1 Å². The highest BCUT2D eigenvalue weighted by Crippen LogP contribution is 2.67. The Balaban J connectivity index is 2.12. The zero-order chi connectivity index (χ0) is 16.1. The normalized spacial score (nSPS) is 20.5. The Bertz CT molecular complexity index is 639. The van der Waals surface area contributed by atoms with Gasteiger partial charge in [-0.2, -0.15) is 0 Å². The van der Waals surface area contributed by atoms with Crippen LogP contribution >= 0.6 is 11.6 Å². The topological polar surface area (TPSA) is 66.4 Å². The summed E-state index contributed by atoms with van der Waals surface area (Å²) in [5, 5.41) is 9.32. The second-order valence-electron chi connectivity index (χ2n) is 6.76. The van der Waals surface area contributed by atoms with Crippen LogP contribution in [0.3, 0.4) is 0 Å². The number of sulfonamides is 1. The van der Waals surface area contributed by atoms with Crippen LogP contribution in [0.4, 0.5) is 0 Å². The Morgan fingerprint density at radius 3 is 2.24 bits per heavy atom. The van der Waals surface area contributed by atoms with Gasteiger partial charge in [-0.15, -0.1) is 0 Å². The van der Waals surface area contributed by atoms with Crippen LogP contribution in [0, 0.1) is 16.7 Å². The molecule has 0 radical (unpaired) electrons. The summed E-state index contributed by atoms with van der Waals surface area (Å²) in [4.78, 5) is 0.126. The van der Waals surface area contributed by atoms with Crippen LogP contribution in [-0.4, -0.2) is 20.1 Å². The van der Waals surface area contributed by atoms with Crippen LogP contribution in [0.1, 0.15) is 33.3 Å². The lowest BCUT2D eigenvalue weighted by molar-refractivity contribution is 0.282. The summed E-state index contributed by atoms with van der Waals surface area (Å²) in [7, 11) is -3.58. The summed E-state index contributed by atoms with van der Waals surface area (Å²) in [6, 6.07) is 4.36. The van der Waals surface area contributed by atoms with Crippen molar-refractivity contribution in [2.75, 3.05) is 6.54 Å². The number of nitrogens with one attached hydrogen (secondary N) is 1. The Morgan fingerprint density at radius 2 is 1.81 bits per heavy atom. The van der Waals surface area contributed by atoms with Gasteiger partial charge in [0, 0.05) is 11.6 Å². The van der Waals surface area contributed by atoms with E-state index in [-0.39, 0.29) is 27.4 Å². The van der Waals surface area contributed by atoms with Crippen molar-refractivity contribution in [3.05, 3.63) is 28.8 Å². The van der Waals surface area contributed by atoms with E-state index in [1.807, 2.05) is 0 Å². The molecule has 6 heteroatoms. The number of rotatable bonds is 5. The lowest BCUT2D eigenvalue weighted by Crippen LogP contribution is -2.27. The molecule has 0 bridgehead atoms. The summed E-state index contributed by atoms with van der Waals surface area (Å²) >= 11 is 5.95. The first-order chi connectivity index (χ1) is 9.54. The van der Waals surface area contributed by atoms with E-state index in [2.05, 4.69) is 32.4 Å². The zero-order valence-corrected chi connectivity index (χ0v) is 14.3. The van der Waals surface area contributed by atoms with Gasteiger partial charge in [0.15, 0.2) is 0 Å². The summed E-state index contributed by atoms with van der Waals surface area (Å²) in [5.74, 6) is 0.312. The minimum Gasteiger partial charge on any atom is -0.392 e. The van der Waals surface area contributed by atoms with Crippen molar-refractivity contribution >= 4 is 21.6 Å². The predicted molar refractivity (Wildman–Crippen MR) is 83.6 cm³/mol. The molecule has 4 nitrogen and oxygen atoms in total. The standard InChI is InChI=1S/C15H22ClNO3S/c1-14(2)13(15(14,3)4)8-17-21(19,20)11-6-5-10(9-18)12(16)7-11/h5-7,13,17-18H,8-9H2,1-4H3. The third-order valence-electron chi connectivity index (χ3n) is 5.30. The quantitative estimate of drug-likeness (QED) is 0.872. The monoisotopic (exact) mass is 331 g/mol. The fourth-order valence-corrected chi connectivity index (χ4v) is 4.32. The molecule has 2 rings (SSSR count). The lowest BCUT2D eigenvalue weighted by Gasteiger charge is -2.09. The largest absolute Gasteiger partial charge is 0.392 e. The third-order valence-corrected chi connectivity index (χ3v) is 7.08. The van der Waals surface area contributed by atoms with Crippen molar-refractivity contribution < 1.29 is 13.5 Å². The first-order valence-corrected chi connectivity index (χ1v) is 8.79. The summed E-state index contributed by atoms with van der Waals surface area (Å²) in [5.41, 5.74) is 0.780. The van der Waals surface area contributed by atoms with E-state index in [9.17, 15) is 8.42 Å². The Hall–Kier alpha value is -0.620. The number of halogens is 1. The molecule has 0 aliphatic heterocycles. The number of aliphatic hydroxyl groups excluding tert-OH is 1. The maximum Gasteiger partial charge on any atom is 0.240 e. The third kappa shape index (κ3) is 2.84. The van der Waals surface area contributed by atoms with Crippen LogP contribution < -0.4 is 4.72 Å². The maximum absolute atomic E-state index is 12.3. The van der Waals surface area contributed by atoms with E-state index in [0.29, 0.717) is 18.0 Å². The Kier molecular flexibility index (Phi) is 4.17. The molecule has 21 heavy (non-hydrogen) atoms. The average molecular weight is 332 g/mol. The smallest absolute Gasteiger partial charge is 0.240 e. The number of benzene rings is 1. The molecule has 0 saturated heterocycles. The molecule has 1 saturated carbocycles. The fraction of sp³-hybridized carbons (Fsp3) is 0.600. The van der Waals surface area contributed by atoms with Crippen molar-refractivity contribution in [2.45, 2.75) is 39.2 Å². The van der Waals surface area contributed by atoms with Crippen molar-refractivity contribution in [3.8, 4) is 0 Å². The molecule has 0 atom stereocenters. The second kappa shape index (κ2) is 5.23. The molecule has 0 aromatic heterocycles. The van der Waals surface area contributed by atoms with Crippen LogP contribution in [0.25, 0.3) is 0 Å². The second-order valence-corrected chi connectivity index (χ2v) is 8.93.